The molecule has 0 bridgehead atoms. The van der Waals surface area contributed by atoms with Gasteiger partial charge in [-0.15, -0.1) is 0 Å². The maximum Gasteiger partial charge on any atom is 0.435 e. The van der Waals surface area contributed by atoms with Crippen LogP contribution in [0.5, 0.6) is 0 Å². The van der Waals surface area contributed by atoms with E-state index in [9.17, 15) is 26.7 Å². The lowest BCUT2D eigenvalue weighted by molar-refractivity contribution is -0.275. The lowest BCUT2D eigenvalue weighted by Gasteiger charge is -2.29. The minimum Gasteiger partial charge on any atom is -0.391 e. The van der Waals surface area contributed by atoms with Gasteiger partial charge < -0.3 is 15.0 Å². The Hall–Kier alpha value is -4.22. The third-order valence-corrected chi connectivity index (χ3v) is 7.31. The van der Waals surface area contributed by atoms with Crippen LogP contribution in [0.25, 0.3) is 10.8 Å². The number of carbonyl (C=O) groups is 1. The molecule has 0 fully saturated rings. The molecule has 1 N–H and O–H groups in total. The van der Waals surface area contributed by atoms with Crippen LogP contribution in [0.2, 0.25) is 10.0 Å². The molecule has 13 heteroatoms. The highest BCUT2D eigenvalue weighted by molar-refractivity contribution is 6.35. The van der Waals surface area contributed by atoms with Crippen molar-refractivity contribution in [1.82, 2.24) is 5.32 Å². The van der Waals surface area contributed by atoms with Gasteiger partial charge >= 0.3 is 6.18 Å². The van der Waals surface area contributed by atoms with Crippen molar-refractivity contribution in [2.24, 2.45) is 10.3 Å². The lowest BCUT2D eigenvalue weighted by Crippen LogP contribution is -2.42. The monoisotopic (exact) mass is 635 g/mol. The molecule has 0 saturated carbocycles. The molecule has 1 unspecified atom stereocenters. The third kappa shape index (κ3) is 6.14. The molecule has 1 atom stereocenters. The van der Waals surface area contributed by atoms with Gasteiger partial charge in [0, 0.05) is 23.1 Å². The van der Waals surface area contributed by atoms with Gasteiger partial charge in [-0.2, -0.15) is 13.2 Å². The molecule has 4 aromatic rings. The number of nitrogens with one attached hydrogen (secondary N) is 1. The second kappa shape index (κ2) is 12.2. The predicted octanol–water partition coefficient (Wildman–Crippen LogP) is 7.94. The first-order chi connectivity index (χ1) is 20.5. The lowest BCUT2D eigenvalue weighted by atomic mass is 9.85. The normalized spacial score (nSPS) is 16.8. The third-order valence-electron chi connectivity index (χ3n) is 6.76. The van der Waals surface area contributed by atoms with Crippen molar-refractivity contribution >= 4 is 51.8 Å². The Kier molecular flexibility index (Phi) is 8.57. The first-order valence-corrected chi connectivity index (χ1v) is 13.4. The van der Waals surface area contributed by atoms with Crippen molar-refractivity contribution in [2.45, 2.75) is 24.8 Å². The predicted molar refractivity (Wildman–Crippen MR) is 152 cm³/mol. The van der Waals surface area contributed by atoms with Gasteiger partial charge in [0.1, 0.15) is 12.4 Å². The van der Waals surface area contributed by atoms with Gasteiger partial charge in [-0.25, -0.2) is 8.78 Å². The van der Waals surface area contributed by atoms with E-state index in [1.165, 1.54) is 30.5 Å². The summed E-state index contributed by atoms with van der Waals surface area (Å²) in [4.78, 5) is 23.2. The van der Waals surface area contributed by atoms with E-state index in [-0.39, 0.29) is 30.2 Å². The van der Waals surface area contributed by atoms with E-state index in [4.69, 9.17) is 32.9 Å². The smallest absolute Gasteiger partial charge is 0.391 e. The van der Waals surface area contributed by atoms with Crippen LogP contribution in [0.3, 0.4) is 0 Å². The minimum absolute atomic E-state index is 0.0236. The van der Waals surface area contributed by atoms with E-state index in [1.54, 1.807) is 36.4 Å². The number of hydrogen-bond donors (Lipinski definition) is 1. The summed E-state index contributed by atoms with van der Waals surface area (Å²) in [5, 5.41) is 9.96. The molecule has 6 nitrogen and oxygen atoms in total. The molecule has 1 aliphatic heterocycles. The summed E-state index contributed by atoms with van der Waals surface area (Å²) >= 11 is 11.6. The van der Waals surface area contributed by atoms with Gasteiger partial charge in [-0.05, 0) is 46.7 Å². The van der Waals surface area contributed by atoms with Crippen molar-refractivity contribution < 1.29 is 36.4 Å². The Bertz CT molecular complexity index is 1720. The molecule has 0 saturated heterocycles. The number of carbonyl (C=O) groups excluding carboxylic acids is 1. The molecular weight excluding hydrogens is 616 g/mol. The van der Waals surface area contributed by atoms with Crippen LogP contribution in [0.15, 0.2) is 83.1 Å². The fourth-order valence-electron chi connectivity index (χ4n) is 4.60. The molecule has 0 radical (unpaired) electrons. The molecule has 5 rings (SSSR count). The second-order valence-electron chi connectivity index (χ2n) is 9.49. The number of halogens is 7. The van der Waals surface area contributed by atoms with Gasteiger partial charge in [0.15, 0.2) is 5.82 Å². The van der Waals surface area contributed by atoms with Crippen LogP contribution < -0.4 is 5.32 Å². The standard InChI is InChI=1S/C30H20Cl2F5N3O3/c31-24-13-18(14-25(32)27(24)34)29(30(35,36)37)15-26(40-43-29)22-9-10-23(21-4-2-1-3-20(21)22)28(41)38-11-12-39-42-16-17-5-7-19(33)8-6-17/h1-10,12-14H,11,15-16H2,(H,38,41). The van der Waals surface area contributed by atoms with Crippen molar-refractivity contribution in [3.8, 4) is 0 Å². The number of oxime groups is 2. The van der Waals surface area contributed by atoms with Gasteiger partial charge in [0.05, 0.1) is 28.5 Å². The summed E-state index contributed by atoms with van der Waals surface area (Å²) in [7, 11) is 0. The number of nitrogens with zero attached hydrogens (tertiary/aromatic N) is 2. The van der Waals surface area contributed by atoms with E-state index in [1.807, 2.05) is 0 Å². The van der Waals surface area contributed by atoms with E-state index >= 15 is 0 Å². The average molecular weight is 636 g/mol. The molecule has 1 amide bonds. The highest BCUT2D eigenvalue weighted by atomic mass is 35.5. The van der Waals surface area contributed by atoms with E-state index < -0.39 is 45.5 Å². The summed E-state index contributed by atoms with van der Waals surface area (Å²) in [6.07, 6.45) is -4.38. The van der Waals surface area contributed by atoms with Crippen LogP contribution in [0.1, 0.15) is 33.5 Å². The summed E-state index contributed by atoms with van der Waals surface area (Å²) < 4.78 is 70.4. The molecule has 4 aromatic carbocycles. The molecule has 1 heterocycles. The minimum atomic E-state index is -4.97. The summed E-state index contributed by atoms with van der Waals surface area (Å²) in [6, 6.07) is 17.0. The molecule has 1 aliphatic rings. The maximum atomic E-state index is 14.5. The number of fused-ring (bicyclic) bond motifs is 1. The van der Waals surface area contributed by atoms with Crippen LogP contribution >= 0.6 is 23.2 Å². The second-order valence-corrected chi connectivity index (χ2v) is 10.3. The Morgan fingerprint density at radius 3 is 2.37 bits per heavy atom. The van der Waals surface area contributed by atoms with Crippen molar-refractivity contribution in [2.75, 3.05) is 6.54 Å². The van der Waals surface area contributed by atoms with Gasteiger partial charge in [-0.3, -0.25) is 4.79 Å². The summed E-state index contributed by atoms with van der Waals surface area (Å²) in [5.41, 5.74) is -2.21. The van der Waals surface area contributed by atoms with Crippen LogP contribution in [0, 0.1) is 11.6 Å². The Balaban J connectivity index is 1.33. The van der Waals surface area contributed by atoms with Crippen LogP contribution in [-0.4, -0.2) is 30.6 Å². The molecule has 0 aliphatic carbocycles. The average Bonchev–Trinajstić information content (AvgIpc) is 3.45. The Labute approximate surface area is 251 Å². The fourth-order valence-corrected chi connectivity index (χ4v) is 5.09. The van der Waals surface area contributed by atoms with E-state index in [0.717, 1.165) is 12.1 Å². The van der Waals surface area contributed by atoms with Crippen molar-refractivity contribution in [3.05, 3.63) is 117 Å². The van der Waals surface area contributed by atoms with Crippen LogP contribution in [0.4, 0.5) is 22.0 Å². The number of rotatable bonds is 8. The van der Waals surface area contributed by atoms with Gasteiger partial charge in [0.25, 0.3) is 11.5 Å². The van der Waals surface area contributed by atoms with Crippen molar-refractivity contribution in [1.29, 1.82) is 0 Å². The molecule has 43 heavy (non-hydrogen) atoms. The highest BCUT2D eigenvalue weighted by Crippen LogP contribution is 2.50. The van der Waals surface area contributed by atoms with Crippen molar-refractivity contribution in [3.63, 3.8) is 0 Å². The van der Waals surface area contributed by atoms with E-state index in [0.29, 0.717) is 21.9 Å². The largest absolute Gasteiger partial charge is 0.435 e. The fraction of sp³-hybridized carbons (Fsp3) is 0.167. The van der Waals surface area contributed by atoms with Gasteiger partial charge in [0.2, 0.25) is 0 Å². The molecule has 0 spiro atoms. The summed E-state index contributed by atoms with van der Waals surface area (Å²) in [5.74, 6) is -1.87. The molecule has 222 valence electrons. The summed E-state index contributed by atoms with van der Waals surface area (Å²) in [6.45, 7) is 0.136. The number of amides is 1. The number of hydrogen-bond acceptors (Lipinski definition) is 5. The Morgan fingerprint density at radius 2 is 1.70 bits per heavy atom. The SMILES string of the molecule is O=C(NCC=NOCc1ccc(F)cc1)c1ccc(C2=NOC(c3cc(Cl)c(F)c(Cl)c3)(C(F)(F)F)C2)c2ccccc12. The number of alkyl halides is 3. The quantitative estimate of drug-likeness (QED) is 0.0924. The first kappa shape index (κ1) is 30.2. The topological polar surface area (TPSA) is 72.3 Å². The zero-order valence-electron chi connectivity index (χ0n) is 21.9. The Morgan fingerprint density at radius 1 is 1.02 bits per heavy atom. The zero-order valence-corrected chi connectivity index (χ0v) is 23.4. The number of benzene rings is 4. The van der Waals surface area contributed by atoms with Gasteiger partial charge in [-0.1, -0.05) is 76.0 Å². The molecule has 0 aromatic heterocycles. The van der Waals surface area contributed by atoms with E-state index in [2.05, 4.69) is 15.6 Å². The zero-order chi connectivity index (χ0) is 30.8. The molecular formula is C30H20Cl2F5N3O3. The highest BCUT2D eigenvalue weighted by Gasteiger charge is 2.62. The van der Waals surface area contributed by atoms with Crippen LogP contribution in [-0.2, 0) is 21.9 Å². The first-order valence-electron chi connectivity index (χ1n) is 12.7. The maximum absolute atomic E-state index is 14.5.